The summed E-state index contributed by atoms with van der Waals surface area (Å²) in [6.07, 6.45) is 0. The van der Waals surface area contributed by atoms with Gasteiger partial charge in [-0.25, -0.2) is 13.2 Å². The zero-order valence-corrected chi connectivity index (χ0v) is 10.8. The van der Waals surface area contributed by atoms with Crippen molar-refractivity contribution in [3.05, 3.63) is 35.1 Å². The molecule has 0 radical (unpaired) electrons. The smallest absolute Gasteiger partial charge is 0.257 e. The molecule has 18 heavy (non-hydrogen) atoms. The molecule has 0 bridgehead atoms. The first-order chi connectivity index (χ1) is 8.40. The Hall–Kier alpha value is -1.23. The van der Waals surface area contributed by atoms with Crippen LogP contribution in [0, 0.1) is 17.5 Å². The fraction of sp³-hybridized carbons (Fsp3) is 0.417. The van der Waals surface area contributed by atoms with Crippen molar-refractivity contribution in [3.8, 4) is 0 Å². The van der Waals surface area contributed by atoms with Crippen molar-refractivity contribution >= 4 is 17.5 Å². The molecule has 0 aliphatic rings. The molecule has 6 heteroatoms. The van der Waals surface area contributed by atoms with Crippen LogP contribution < -0.4 is 0 Å². The molecule has 0 N–H and O–H groups in total. The highest BCUT2D eigenvalue weighted by molar-refractivity contribution is 6.18. The van der Waals surface area contributed by atoms with Gasteiger partial charge < -0.3 is 4.90 Å². The fourth-order valence-electron chi connectivity index (χ4n) is 1.53. The highest BCUT2D eigenvalue weighted by Gasteiger charge is 2.24. The Balaban J connectivity index is 3.13. The number of carbonyl (C=O) groups is 1. The number of hydrogen-bond acceptors (Lipinski definition) is 1. The van der Waals surface area contributed by atoms with Crippen LogP contribution in [0.1, 0.15) is 24.2 Å². The van der Waals surface area contributed by atoms with Gasteiger partial charge in [0.05, 0.1) is 5.56 Å². The van der Waals surface area contributed by atoms with Crippen LogP contribution >= 0.6 is 11.6 Å². The van der Waals surface area contributed by atoms with Gasteiger partial charge in [0, 0.05) is 18.5 Å². The summed E-state index contributed by atoms with van der Waals surface area (Å²) >= 11 is 5.55. The fourth-order valence-corrected chi connectivity index (χ4v) is 1.71. The second kappa shape index (κ2) is 6.09. The van der Waals surface area contributed by atoms with E-state index in [9.17, 15) is 18.0 Å². The third-order valence-corrected chi connectivity index (χ3v) is 2.64. The predicted octanol–water partition coefficient (Wildman–Crippen LogP) is 3.19. The average Bonchev–Trinajstić information content (AvgIpc) is 2.32. The molecule has 0 heterocycles. The lowest BCUT2D eigenvalue weighted by atomic mass is 10.1. The van der Waals surface area contributed by atoms with Crippen molar-refractivity contribution in [3.63, 3.8) is 0 Å². The van der Waals surface area contributed by atoms with E-state index in [2.05, 4.69) is 0 Å². The molecule has 2 nitrogen and oxygen atoms in total. The second-order valence-electron chi connectivity index (χ2n) is 4.00. The lowest BCUT2D eigenvalue weighted by molar-refractivity contribution is 0.0712. The quantitative estimate of drug-likeness (QED) is 0.612. The molecule has 1 rings (SSSR count). The van der Waals surface area contributed by atoms with E-state index in [1.165, 1.54) is 4.90 Å². The number of hydrogen-bond donors (Lipinski definition) is 0. The largest absolute Gasteiger partial charge is 0.335 e. The maximum absolute atomic E-state index is 13.5. The molecule has 0 spiro atoms. The van der Waals surface area contributed by atoms with Gasteiger partial charge in [-0.1, -0.05) is 0 Å². The van der Waals surface area contributed by atoms with E-state index in [0.717, 1.165) is 12.1 Å². The normalized spacial score (nSPS) is 10.8. The Morgan fingerprint density at radius 2 is 1.89 bits per heavy atom. The van der Waals surface area contributed by atoms with Crippen LogP contribution in [0.2, 0.25) is 0 Å². The standard InChI is InChI=1S/C12H13ClF3NO/c1-7(2)17(6-5-13)12(18)8-3-4-9(14)11(16)10(8)15/h3-4,7H,5-6H2,1-2H3. The summed E-state index contributed by atoms with van der Waals surface area (Å²) in [6, 6.07) is 1.44. The third kappa shape index (κ3) is 2.96. The molecule has 1 aromatic carbocycles. The van der Waals surface area contributed by atoms with E-state index in [4.69, 9.17) is 11.6 Å². The van der Waals surface area contributed by atoms with Crippen LogP contribution in [0.3, 0.4) is 0 Å². The molecule has 0 aromatic heterocycles. The van der Waals surface area contributed by atoms with Crippen LogP contribution in [-0.4, -0.2) is 29.3 Å². The molecule has 1 amide bonds. The topological polar surface area (TPSA) is 20.3 Å². The van der Waals surface area contributed by atoms with Crippen molar-refractivity contribution in [2.45, 2.75) is 19.9 Å². The Bertz CT molecular complexity index is 451. The highest BCUT2D eigenvalue weighted by Crippen LogP contribution is 2.18. The minimum absolute atomic E-state index is 0.176. The maximum Gasteiger partial charge on any atom is 0.257 e. The van der Waals surface area contributed by atoms with E-state index in [0.29, 0.717) is 0 Å². The summed E-state index contributed by atoms with van der Waals surface area (Å²) in [5, 5.41) is 0. The number of nitrogens with zero attached hydrogens (tertiary/aromatic N) is 1. The third-order valence-electron chi connectivity index (χ3n) is 2.48. The second-order valence-corrected chi connectivity index (χ2v) is 4.38. The van der Waals surface area contributed by atoms with Crippen molar-refractivity contribution < 1.29 is 18.0 Å². The molecular formula is C12H13ClF3NO. The highest BCUT2D eigenvalue weighted by atomic mass is 35.5. The van der Waals surface area contributed by atoms with Crippen molar-refractivity contribution in [2.24, 2.45) is 0 Å². The SMILES string of the molecule is CC(C)N(CCCl)C(=O)c1ccc(F)c(F)c1F. The van der Waals surface area contributed by atoms with Gasteiger partial charge in [0.25, 0.3) is 5.91 Å². The van der Waals surface area contributed by atoms with E-state index in [1.54, 1.807) is 13.8 Å². The van der Waals surface area contributed by atoms with Crippen molar-refractivity contribution in [1.29, 1.82) is 0 Å². The number of alkyl halides is 1. The van der Waals surface area contributed by atoms with Gasteiger partial charge in [0.1, 0.15) is 0 Å². The van der Waals surface area contributed by atoms with Crippen LogP contribution in [0.25, 0.3) is 0 Å². The maximum atomic E-state index is 13.5. The minimum atomic E-state index is -1.64. The average molecular weight is 280 g/mol. The number of rotatable bonds is 4. The first kappa shape index (κ1) is 14.8. The van der Waals surface area contributed by atoms with Crippen molar-refractivity contribution in [1.82, 2.24) is 4.90 Å². The van der Waals surface area contributed by atoms with Gasteiger partial charge in [-0.05, 0) is 26.0 Å². The Morgan fingerprint density at radius 3 is 2.39 bits per heavy atom. The molecule has 0 aliphatic heterocycles. The van der Waals surface area contributed by atoms with Gasteiger partial charge in [-0.2, -0.15) is 0 Å². The number of carbonyl (C=O) groups excluding carboxylic acids is 1. The lowest BCUT2D eigenvalue weighted by Crippen LogP contribution is -2.39. The molecule has 100 valence electrons. The zero-order valence-electron chi connectivity index (χ0n) is 10.0. The van der Waals surface area contributed by atoms with Gasteiger partial charge in [0.15, 0.2) is 17.5 Å². The van der Waals surface area contributed by atoms with E-state index in [-0.39, 0.29) is 18.5 Å². The Kier molecular flexibility index (Phi) is 5.02. The van der Waals surface area contributed by atoms with Gasteiger partial charge in [-0.3, -0.25) is 4.79 Å². The van der Waals surface area contributed by atoms with Crippen molar-refractivity contribution in [2.75, 3.05) is 12.4 Å². The van der Waals surface area contributed by atoms with E-state index in [1.807, 2.05) is 0 Å². The van der Waals surface area contributed by atoms with E-state index >= 15 is 0 Å². The Morgan fingerprint density at radius 1 is 1.28 bits per heavy atom. The minimum Gasteiger partial charge on any atom is -0.335 e. The Labute approximate surface area is 108 Å². The molecule has 0 atom stereocenters. The first-order valence-corrected chi connectivity index (χ1v) is 5.94. The van der Waals surface area contributed by atoms with Gasteiger partial charge in [0.2, 0.25) is 0 Å². The van der Waals surface area contributed by atoms with Crippen LogP contribution in [0.15, 0.2) is 12.1 Å². The molecule has 0 saturated heterocycles. The molecule has 0 saturated carbocycles. The first-order valence-electron chi connectivity index (χ1n) is 5.40. The molecule has 0 unspecified atom stereocenters. The lowest BCUT2D eigenvalue weighted by Gasteiger charge is -2.26. The molecular weight excluding hydrogens is 267 g/mol. The number of halogens is 4. The number of amides is 1. The summed E-state index contributed by atoms with van der Waals surface area (Å²) in [5.74, 6) is -4.97. The molecule has 0 fully saturated rings. The van der Waals surface area contributed by atoms with Crippen LogP contribution in [0.5, 0.6) is 0 Å². The van der Waals surface area contributed by atoms with E-state index < -0.39 is 28.9 Å². The summed E-state index contributed by atoms with van der Waals surface area (Å²) in [5.41, 5.74) is -0.493. The summed E-state index contributed by atoms with van der Waals surface area (Å²) in [4.78, 5) is 13.3. The predicted molar refractivity (Wildman–Crippen MR) is 63.2 cm³/mol. The monoisotopic (exact) mass is 279 g/mol. The zero-order chi connectivity index (χ0) is 13.9. The van der Waals surface area contributed by atoms with Crippen LogP contribution in [-0.2, 0) is 0 Å². The van der Waals surface area contributed by atoms with Gasteiger partial charge in [-0.15, -0.1) is 11.6 Å². The van der Waals surface area contributed by atoms with Crippen LogP contribution in [0.4, 0.5) is 13.2 Å². The number of benzene rings is 1. The van der Waals surface area contributed by atoms with Gasteiger partial charge >= 0.3 is 0 Å². The summed E-state index contributed by atoms with van der Waals surface area (Å²) < 4.78 is 39.3. The molecule has 1 aromatic rings. The summed E-state index contributed by atoms with van der Waals surface area (Å²) in [6.45, 7) is 3.65. The molecule has 0 aliphatic carbocycles. The summed E-state index contributed by atoms with van der Waals surface area (Å²) in [7, 11) is 0.